The van der Waals surface area contributed by atoms with E-state index in [0.717, 1.165) is 44.1 Å². The predicted molar refractivity (Wildman–Crippen MR) is 120 cm³/mol. The fourth-order valence-corrected chi connectivity index (χ4v) is 6.86. The Hall–Kier alpha value is -2.59. The summed E-state index contributed by atoms with van der Waals surface area (Å²) in [4.78, 5) is 11.1. The average molecular weight is 419 g/mol. The zero-order chi connectivity index (χ0) is 21.8. The second kappa shape index (κ2) is 7.23. The van der Waals surface area contributed by atoms with Gasteiger partial charge < -0.3 is 15.3 Å². The number of phenols is 1. The van der Waals surface area contributed by atoms with Crippen molar-refractivity contribution < 1.29 is 20.1 Å². The van der Waals surface area contributed by atoms with Crippen molar-refractivity contribution in [3.63, 3.8) is 0 Å². The standard InChI is InChI=1S/C27H30O4/c1-26-13-11-22-21-9-7-20(28)16-19(21)6-8-23(22)24(26)12-15-27(26,31)14-10-17-2-4-18(5-3-17)25(29)30/h2-5,7,9-10,14,16,22-24,28,31H,6,8,11-13,15H2,1H3,(H,29,30)/b14-10+/t22-,23-,24+,26+,27+/m1/s1. The van der Waals surface area contributed by atoms with Crippen LogP contribution in [0.5, 0.6) is 5.75 Å². The minimum absolute atomic E-state index is 0.153. The number of aryl methyl sites for hydroxylation is 1. The van der Waals surface area contributed by atoms with E-state index in [1.54, 1.807) is 24.3 Å². The highest BCUT2D eigenvalue weighted by atomic mass is 16.4. The smallest absolute Gasteiger partial charge is 0.335 e. The second-order valence-electron chi connectivity index (χ2n) is 9.98. The zero-order valence-electron chi connectivity index (χ0n) is 17.9. The number of aliphatic hydroxyl groups is 1. The highest BCUT2D eigenvalue weighted by Crippen LogP contribution is 2.64. The number of aromatic hydroxyl groups is 1. The molecule has 162 valence electrons. The summed E-state index contributed by atoms with van der Waals surface area (Å²) < 4.78 is 0. The van der Waals surface area contributed by atoms with Gasteiger partial charge in [-0.25, -0.2) is 4.79 Å². The van der Waals surface area contributed by atoms with Crippen LogP contribution >= 0.6 is 0 Å². The SMILES string of the molecule is C[C@]12CC[C@@H]3c4ccc(O)cc4CC[C@H]3[C@@H]1CC[C@@]2(O)/C=C/c1ccc(C(=O)O)cc1. The number of carbonyl (C=O) groups is 1. The maximum atomic E-state index is 11.8. The molecule has 0 radical (unpaired) electrons. The summed E-state index contributed by atoms with van der Waals surface area (Å²) in [5.41, 5.74) is 2.88. The molecule has 2 aromatic rings. The lowest BCUT2D eigenvalue weighted by Gasteiger charge is -2.52. The Labute approximate surface area is 183 Å². The van der Waals surface area contributed by atoms with E-state index >= 15 is 0 Å². The van der Waals surface area contributed by atoms with Crippen molar-refractivity contribution in [2.45, 2.75) is 57.0 Å². The van der Waals surface area contributed by atoms with E-state index in [4.69, 9.17) is 5.11 Å². The third-order valence-electron chi connectivity index (χ3n) is 8.63. The largest absolute Gasteiger partial charge is 0.508 e. The average Bonchev–Trinajstić information content (AvgIpc) is 3.03. The van der Waals surface area contributed by atoms with Crippen molar-refractivity contribution in [1.29, 1.82) is 0 Å². The molecular weight excluding hydrogens is 388 g/mol. The summed E-state index contributed by atoms with van der Waals surface area (Å²) in [6.45, 7) is 2.27. The fourth-order valence-electron chi connectivity index (χ4n) is 6.86. The van der Waals surface area contributed by atoms with Gasteiger partial charge in [0.1, 0.15) is 5.75 Å². The van der Waals surface area contributed by atoms with E-state index in [0.29, 0.717) is 23.5 Å². The minimum Gasteiger partial charge on any atom is -0.508 e. The molecule has 0 aromatic heterocycles. The third kappa shape index (κ3) is 3.20. The van der Waals surface area contributed by atoms with Crippen molar-refractivity contribution in [3.05, 3.63) is 70.8 Å². The molecule has 4 heteroatoms. The molecule has 0 amide bonds. The van der Waals surface area contributed by atoms with Crippen LogP contribution in [0.1, 0.15) is 72.0 Å². The Kier molecular flexibility index (Phi) is 4.74. The molecule has 3 N–H and O–H groups in total. The topological polar surface area (TPSA) is 77.8 Å². The molecule has 5 atom stereocenters. The maximum Gasteiger partial charge on any atom is 0.335 e. The van der Waals surface area contributed by atoms with Gasteiger partial charge in [-0.05, 0) is 97.2 Å². The lowest BCUT2D eigenvalue weighted by atomic mass is 9.53. The van der Waals surface area contributed by atoms with Crippen LogP contribution in [0.2, 0.25) is 0 Å². The number of carboxylic acid groups (broad SMARTS) is 1. The number of hydrogen-bond acceptors (Lipinski definition) is 3. The first-order valence-corrected chi connectivity index (χ1v) is 11.4. The van der Waals surface area contributed by atoms with E-state index in [1.807, 2.05) is 24.3 Å². The van der Waals surface area contributed by atoms with E-state index in [1.165, 1.54) is 11.1 Å². The normalized spacial score (nSPS) is 34.2. The molecule has 0 heterocycles. The number of hydrogen-bond donors (Lipinski definition) is 3. The van der Waals surface area contributed by atoms with Crippen molar-refractivity contribution in [3.8, 4) is 5.75 Å². The van der Waals surface area contributed by atoms with Gasteiger partial charge in [-0.1, -0.05) is 37.3 Å². The predicted octanol–water partition coefficient (Wildman–Crippen LogP) is 5.39. The molecule has 2 fully saturated rings. The summed E-state index contributed by atoms with van der Waals surface area (Å²) in [6, 6.07) is 12.7. The fraction of sp³-hybridized carbons (Fsp3) is 0.444. The van der Waals surface area contributed by atoms with Crippen LogP contribution < -0.4 is 0 Å². The van der Waals surface area contributed by atoms with Gasteiger partial charge in [0, 0.05) is 5.41 Å². The number of aromatic carboxylic acids is 1. The van der Waals surface area contributed by atoms with Crippen LogP contribution in [0, 0.1) is 17.3 Å². The van der Waals surface area contributed by atoms with E-state index in [-0.39, 0.29) is 11.0 Å². The Morgan fingerprint density at radius 3 is 2.58 bits per heavy atom. The minimum atomic E-state index is -0.929. The Morgan fingerprint density at radius 2 is 1.84 bits per heavy atom. The van der Waals surface area contributed by atoms with E-state index in [2.05, 4.69) is 13.0 Å². The van der Waals surface area contributed by atoms with Crippen molar-refractivity contribution >= 4 is 12.0 Å². The molecule has 0 unspecified atom stereocenters. The first kappa shape index (κ1) is 20.3. The maximum absolute atomic E-state index is 11.8. The number of benzene rings is 2. The Morgan fingerprint density at radius 1 is 1.06 bits per heavy atom. The quantitative estimate of drug-likeness (QED) is 0.624. The van der Waals surface area contributed by atoms with Gasteiger partial charge in [-0.3, -0.25) is 0 Å². The highest BCUT2D eigenvalue weighted by Gasteiger charge is 2.60. The van der Waals surface area contributed by atoms with Gasteiger partial charge in [0.25, 0.3) is 0 Å². The van der Waals surface area contributed by atoms with Crippen LogP contribution in [-0.2, 0) is 6.42 Å². The highest BCUT2D eigenvalue weighted by molar-refractivity contribution is 5.87. The summed E-state index contributed by atoms with van der Waals surface area (Å²) >= 11 is 0. The molecule has 4 nitrogen and oxygen atoms in total. The second-order valence-corrected chi connectivity index (χ2v) is 9.98. The molecule has 31 heavy (non-hydrogen) atoms. The van der Waals surface area contributed by atoms with E-state index in [9.17, 15) is 15.0 Å². The monoisotopic (exact) mass is 418 g/mol. The van der Waals surface area contributed by atoms with Crippen LogP contribution in [0.25, 0.3) is 6.08 Å². The molecule has 0 saturated heterocycles. The van der Waals surface area contributed by atoms with Gasteiger partial charge in [0.05, 0.1) is 11.2 Å². The van der Waals surface area contributed by atoms with Gasteiger partial charge >= 0.3 is 5.97 Å². The van der Waals surface area contributed by atoms with Crippen molar-refractivity contribution in [2.75, 3.05) is 0 Å². The van der Waals surface area contributed by atoms with Crippen molar-refractivity contribution in [2.24, 2.45) is 17.3 Å². The molecule has 0 bridgehead atoms. The number of fused-ring (bicyclic) bond motifs is 5. The Balaban J connectivity index is 1.39. The lowest BCUT2D eigenvalue weighted by molar-refractivity contribution is -0.0705. The first-order valence-electron chi connectivity index (χ1n) is 11.4. The van der Waals surface area contributed by atoms with Crippen LogP contribution in [0.3, 0.4) is 0 Å². The molecule has 0 aliphatic heterocycles. The molecule has 2 saturated carbocycles. The summed E-state index contributed by atoms with van der Waals surface area (Å²) in [5, 5.41) is 30.7. The molecule has 0 spiro atoms. The van der Waals surface area contributed by atoms with Crippen molar-refractivity contribution in [1.82, 2.24) is 0 Å². The summed E-state index contributed by atoms with van der Waals surface area (Å²) in [6.07, 6.45) is 9.89. The molecule has 5 rings (SSSR count). The zero-order valence-corrected chi connectivity index (χ0v) is 17.9. The Bertz CT molecular complexity index is 1040. The van der Waals surface area contributed by atoms with Gasteiger partial charge in [0.2, 0.25) is 0 Å². The summed E-state index contributed by atoms with van der Waals surface area (Å²) in [7, 11) is 0. The number of phenolic OH excluding ortho intramolecular Hbond substituents is 1. The first-order chi connectivity index (χ1) is 14.8. The molecule has 2 aromatic carbocycles. The molecule has 3 aliphatic carbocycles. The van der Waals surface area contributed by atoms with Crippen LogP contribution in [0.15, 0.2) is 48.5 Å². The van der Waals surface area contributed by atoms with Gasteiger partial charge in [-0.2, -0.15) is 0 Å². The van der Waals surface area contributed by atoms with Crippen LogP contribution in [0.4, 0.5) is 0 Å². The summed E-state index contributed by atoms with van der Waals surface area (Å²) in [5.74, 6) is 1.01. The molecular formula is C27H30O4. The molecule has 3 aliphatic rings. The van der Waals surface area contributed by atoms with Crippen LogP contribution in [-0.4, -0.2) is 26.9 Å². The number of carboxylic acids is 1. The van der Waals surface area contributed by atoms with Gasteiger partial charge in [-0.15, -0.1) is 0 Å². The van der Waals surface area contributed by atoms with E-state index < -0.39 is 11.6 Å². The van der Waals surface area contributed by atoms with Gasteiger partial charge in [0.15, 0.2) is 0 Å². The lowest BCUT2D eigenvalue weighted by Crippen LogP contribution is -2.49. The third-order valence-corrected chi connectivity index (χ3v) is 8.63. The number of rotatable bonds is 3.